The first kappa shape index (κ1) is 12.8. The maximum Gasteiger partial charge on any atom is 0.261 e. The van der Waals surface area contributed by atoms with Crippen molar-refractivity contribution in [3.8, 4) is 5.75 Å². The van der Waals surface area contributed by atoms with Gasteiger partial charge in [0.25, 0.3) is 5.91 Å². The average Bonchev–Trinajstić information content (AvgIpc) is 2.76. The molecule has 0 aromatic heterocycles. The molecule has 1 atom stereocenters. The van der Waals surface area contributed by atoms with Crippen LogP contribution in [-0.4, -0.2) is 31.8 Å². The van der Waals surface area contributed by atoms with Crippen molar-refractivity contribution in [2.24, 2.45) is 5.41 Å². The number of benzene rings is 1. The summed E-state index contributed by atoms with van der Waals surface area (Å²) >= 11 is 5.93. The summed E-state index contributed by atoms with van der Waals surface area (Å²) in [5, 5.41) is 3.61. The molecule has 1 amide bonds. The van der Waals surface area contributed by atoms with Gasteiger partial charge in [-0.3, -0.25) is 4.79 Å². The van der Waals surface area contributed by atoms with Gasteiger partial charge in [0, 0.05) is 23.4 Å². The summed E-state index contributed by atoms with van der Waals surface area (Å²) in [4.78, 5) is 12.1. The Labute approximate surface area is 117 Å². The molecule has 1 N–H and O–H groups in total. The zero-order chi connectivity index (χ0) is 13.5. The van der Waals surface area contributed by atoms with Crippen LogP contribution in [0.25, 0.3) is 0 Å². The van der Waals surface area contributed by atoms with Crippen molar-refractivity contribution in [3.63, 3.8) is 0 Å². The number of carbonyl (C=O) groups excluding carboxylic acids is 1. The van der Waals surface area contributed by atoms with E-state index in [0.717, 1.165) is 11.3 Å². The van der Waals surface area contributed by atoms with Crippen molar-refractivity contribution in [1.82, 2.24) is 5.32 Å². The summed E-state index contributed by atoms with van der Waals surface area (Å²) in [5.74, 6) is 0.684. The van der Waals surface area contributed by atoms with E-state index in [1.807, 2.05) is 12.1 Å². The highest BCUT2D eigenvalue weighted by Gasteiger charge is 2.35. The average molecular weight is 282 g/mol. The van der Waals surface area contributed by atoms with Crippen LogP contribution in [0.5, 0.6) is 5.75 Å². The maximum atomic E-state index is 12.1. The van der Waals surface area contributed by atoms with E-state index in [0.29, 0.717) is 31.2 Å². The van der Waals surface area contributed by atoms with E-state index in [9.17, 15) is 4.79 Å². The number of hydrogen-bond acceptors (Lipinski definition) is 3. The number of amides is 1. The summed E-state index contributed by atoms with van der Waals surface area (Å²) in [7, 11) is 0. The van der Waals surface area contributed by atoms with Crippen LogP contribution in [0.1, 0.15) is 12.5 Å². The van der Waals surface area contributed by atoms with Crippen molar-refractivity contribution in [2.45, 2.75) is 19.4 Å². The Morgan fingerprint density at radius 2 is 2.32 bits per heavy atom. The van der Waals surface area contributed by atoms with Gasteiger partial charge in [-0.25, -0.2) is 0 Å². The van der Waals surface area contributed by atoms with Gasteiger partial charge in [-0.2, -0.15) is 0 Å². The molecule has 0 radical (unpaired) electrons. The Morgan fingerprint density at radius 1 is 1.53 bits per heavy atom. The largest absolute Gasteiger partial charge is 0.480 e. The molecule has 1 fully saturated rings. The second-order valence-electron chi connectivity index (χ2n) is 5.58. The Morgan fingerprint density at radius 3 is 3.00 bits per heavy atom. The summed E-state index contributed by atoms with van der Waals surface area (Å²) in [6, 6.07) is 5.44. The third kappa shape index (κ3) is 2.55. The molecule has 1 aromatic carbocycles. The van der Waals surface area contributed by atoms with Crippen molar-refractivity contribution in [2.75, 3.05) is 19.8 Å². The van der Waals surface area contributed by atoms with Gasteiger partial charge in [0.15, 0.2) is 6.10 Å². The van der Waals surface area contributed by atoms with Gasteiger partial charge in [-0.1, -0.05) is 18.5 Å². The highest BCUT2D eigenvalue weighted by Crippen LogP contribution is 2.31. The minimum Gasteiger partial charge on any atom is -0.480 e. The fourth-order valence-corrected chi connectivity index (χ4v) is 2.53. The quantitative estimate of drug-likeness (QED) is 0.919. The molecule has 0 saturated carbocycles. The SMILES string of the molecule is CC1(CNC(=O)C2Cc3cc(Cl)ccc3O2)COC1. The van der Waals surface area contributed by atoms with Crippen LogP contribution in [0.15, 0.2) is 18.2 Å². The second-order valence-corrected chi connectivity index (χ2v) is 6.02. The lowest BCUT2D eigenvalue weighted by molar-refractivity contribution is -0.132. The second kappa shape index (κ2) is 4.69. The van der Waals surface area contributed by atoms with Gasteiger partial charge in [0.2, 0.25) is 0 Å². The van der Waals surface area contributed by atoms with E-state index in [1.54, 1.807) is 6.07 Å². The van der Waals surface area contributed by atoms with Crippen LogP contribution < -0.4 is 10.1 Å². The van der Waals surface area contributed by atoms with E-state index in [-0.39, 0.29) is 11.3 Å². The third-order valence-electron chi connectivity index (χ3n) is 3.58. The molecule has 1 unspecified atom stereocenters. The lowest BCUT2D eigenvalue weighted by Crippen LogP contribution is -2.50. The van der Waals surface area contributed by atoms with E-state index in [1.165, 1.54) is 0 Å². The van der Waals surface area contributed by atoms with Crippen LogP contribution in [0.3, 0.4) is 0 Å². The topological polar surface area (TPSA) is 47.6 Å². The number of halogens is 1. The summed E-state index contributed by atoms with van der Waals surface area (Å²) in [6.07, 6.45) is 0.132. The summed E-state index contributed by atoms with van der Waals surface area (Å²) in [6.45, 7) is 4.13. The van der Waals surface area contributed by atoms with Crippen LogP contribution >= 0.6 is 11.6 Å². The van der Waals surface area contributed by atoms with Gasteiger partial charge in [-0.15, -0.1) is 0 Å². The Bertz CT molecular complexity index is 513. The van der Waals surface area contributed by atoms with E-state index in [4.69, 9.17) is 21.1 Å². The first-order chi connectivity index (χ1) is 9.06. The number of nitrogens with one attached hydrogen (secondary N) is 1. The molecule has 1 aromatic rings. The van der Waals surface area contributed by atoms with Crippen molar-refractivity contribution < 1.29 is 14.3 Å². The molecule has 5 heteroatoms. The highest BCUT2D eigenvalue weighted by molar-refractivity contribution is 6.30. The fraction of sp³-hybridized carbons (Fsp3) is 0.500. The van der Waals surface area contributed by atoms with Gasteiger partial charge in [0.1, 0.15) is 5.75 Å². The van der Waals surface area contributed by atoms with Gasteiger partial charge < -0.3 is 14.8 Å². The molecule has 3 rings (SSSR count). The smallest absolute Gasteiger partial charge is 0.261 e. The number of fused-ring (bicyclic) bond motifs is 1. The predicted molar refractivity (Wildman–Crippen MR) is 71.5 cm³/mol. The first-order valence-corrected chi connectivity index (χ1v) is 6.74. The third-order valence-corrected chi connectivity index (χ3v) is 3.82. The number of hydrogen-bond donors (Lipinski definition) is 1. The van der Waals surface area contributed by atoms with E-state index < -0.39 is 6.10 Å². The lowest BCUT2D eigenvalue weighted by Gasteiger charge is -2.38. The van der Waals surface area contributed by atoms with Crippen LogP contribution in [0.2, 0.25) is 5.02 Å². The zero-order valence-electron chi connectivity index (χ0n) is 10.7. The van der Waals surface area contributed by atoms with E-state index >= 15 is 0 Å². The molecule has 2 heterocycles. The number of rotatable bonds is 3. The van der Waals surface area contributed by atoms with Gasteiger partial charge in [0.05, 0.1) is 13.2 Å². The summed E-state index contributed by atoms with van der Waals surface area (Å²) < 4.78 is 10.8. The van der Waals surface area contributed by atoms with Crippen molar-refractivity contribution in [3.05, 3.63) is 28.8 Å². The van der Waals surface area contributed by atoms with Crippen molar-refractivity contribution in [1.29, 1.82) is 0 Å². The van der Waals surface area contributed by atoms with Crippen LogP contribution in [0, 0.1) is 5.41 Å². The van der Waals surface area contributed by atoms with Gasteiger partial charge >= 0.3 is 0 Å². The van der Waals surface area contributed by atoms with Gasteiger partial charge in [-0.05, 0) is 23.8 Å². The zero-order valence-corrected chi connectivity index (χ0v) is 11.5. The molecule has 102 valence electrons. The predicted octanol–water partition coefficient (Wildman–Crippen LogP) is 1.80. The molecule has 4 nitrogen and oxygen atoms in total. The fourth-order valence-electron chi connectivity index (χ4n) is 2.33. The molecule has 1 saturated heterocycles. The Kier molecular flexibility index (Phi) is 3.15. The van der Waals surface area contributed by atoms with Crippen LogP contribution in [-0.2, 0) is 16.0 Å². The highest BCUT2D eigenvalue weighted by atomic mass is 35.5. The normalized spacial score (nSPS) is 23.2. The minimum atomic E-state index is -0.446. The minimum absolute atomic E-state index is 0.0690. The number of ether oxygens (including phenoxy) is 2. The van der Waals surface area contributed by atoms with Crippen LogP contribution in [0.4, 0.5) is 0 Å². The maximum absolute atomic E-state index is 12.1. The molecule has 0 spiro atoms. The molecular weight excluding hydrogens is 266 g/mol. The lowest BCUT2D eigenvalue weighted by atomic mass is 9.88. The Hall–Kier alpha value is -1.26. The number of carbonyl (C=O) groups is 1. The molecule has 19 heavy (non-hydrogen) atoms. The molecule has 0 aliphatic carbocycles. The van der Waals surface area contributed by atoms with E-state index in [2.05, 4.69) is 12.2 Å². The standard InChI is InChI=1S/C14H16ClNO3/c1-14(7-18-8-14)6-16-13(17)12-5-9-4-10(15)2-3-11(9)19-12/h2-4,12H,5-8H2,1H3,(H,16,17). The molecule has 0 bridgehead atoms. The molecule has 2 aliphatic heterocycles. The summed E-state index contributed by atoms with van der Waals surface area (Å²) in [5.41, 5.74) is 1.07. The Balaban J connectivity index is 1.58. The molecular formula is C14H16ClNO3. The van der Waals surface area contributed by atoms with Crippen molar-refractivity contribution >= 4 is 17.5 Å². The monoisotopic (exact) mass is 281 g/mol. The molecule has 2 aliphatic rings. The first-order valence-electron chi connectivity index (χ1n) is 6.36.